The Hall–Kier alpha value is -1.95. The third kappa shape index (κ3) is 2.26. The molecule has 88 valence electrons. The third-order valence-electron chi connectivity index (χ3n) is 2.37. The summed E-state index contributed by atoms with van der Waals surface area (Å²) in [5, 5.41) is 7.04. The van der Waals surface area contributed by atoms with Crippen LogP contribution in [0.1, 0.15) is 5.56 Å². The number of nitrogens with one attached hydrogen (secondary N) is 1. The van der Waals surface area contributed by atoms with Crippen molar-refractivity contribution in [1.82, 2.24) is 9.97 Å². The molecule has 0 saturated heterocycles. The van der Waals surface area contributed by atoms with Gasteiger partial charge in [-0.15, -0.1) is 11.3 Å². The standard InChI is InChI=1S/C11H12N4OS/c1-13-9-6-17-5-8(9)10-7(2-3-16)4-14-11(12)15-10/h3-6,13H,2H2,1H3,(H2,12,14,15). The number of hydrogen-bond acceptors (Lipinski definition) is 6. The second-order valence-electron chi connectivity index (χ2n) is 3.42. The van der Waals surface area contributed by atoms with Gasteiger partial charge in [-0.25, -0.2) is 9.97 Å². The predicted molar refractivity (Wildman–Crippen MR) is 69.1 cm³/mol. The molecule has 2 rings (SSSR count). The lowest BCUT2D eigenvalue weighted by molar-refractivity contribution is -0.107. The molecule has 0 spiro atoms. The van der Waals surface area contributed by atoms with Crippen LogP contribution in [-0.2, 0) is 11.2 Å². The Morgan fingerprint density at radius 1 is 1.53 bits per heavy atom. The molecule has 0 atom stereocenters. The summed E-state index contributed by atoms with van der Waals surface area (Å²) in [5.74, 6) is 0.211. The molecule has 2 heterocycles. The molecule has 0 aromatic carbocycles. The van der Waals surface area contributed by atoms with Crippen LogP contribution in [0.4, 0.5) is 11.6 Å². The summed E-state index contributed by atoms with van der Waals surface area (Å²) in [7, 11) is 1.84. The molecule has 0 aliphatic heterocycles. The highest BCUT2D eigenvalue weighted by Gasteiger charge is 2.12. The van der Waals surface area contributed by atoms with E-state index < -0.39 is 0 Å². The molecular formula is C11H12N4OS. The number of aromatic nitrogens is 2. The average molecular weight is 248 g/mol. The molecule has 2 aromatic rings. The molecule has 0 amide bonds. The molecule has 3 N–H and O–H groups in total. The Bertz CT molecular complexity index is 538. The van der Waals surface area contributed by atoms with Crippen LogP contribution < -0.4 is 11.1 Å². The molecule has 0 aliphatic rings. The Balaban J connectivity index is 2.56. The second-order valence-corrected chi connectivity index (χ2v) is 4.17. The minimum absolute atomic E-state index is 0.211. The van der Waals surface area contributed by atoms with Crippen LogP contribution in [0.3, 0.4) is 0 Å². The Kier molecular flexibility index (Phi) is 3.34. The van der Waals surface area contributed by atoms with Gasteiger partial charge in [0.1, 0.15) is 6.29 Å². The second kappa shape index (κ2) is 4.92. The number of nitrogens with zero attached hydrogens (tertiary/aromatic N) is 2. The smallest absolute Gasteiger partial charge is 0.220 e. The number of rotatable bonds is 4. The first-order chi connectivity index (χ1) is 8.26. The monoisotopic (exact) mass is 248 g/mol. The summed E-state index contributed by atoms with van der Waals surface area (Å²) in [5.41, 5.74) is 9.01. The van der Waals surface area contributed by atoms with E-state index in [1.165, 1.54) is 0 Å². The zero-order chi connectivity index (χ0) is 12.3. The number of thiophene rings is 1. The highest BCUT2D eigenvalue weighted by atomic mass is 32.1. The number of nitrogens with two attached hydrogens (primary N) is 1. The molecular weight excluding hydrogens is 236 g/mol. The normalized spacial score (nSPS) is 10.2. The maximum atomic E-state index is 10.6. The molecule has 2 aromatic heterocycles. The van der Waals surface area contributed by atoms with E-state index in [4.69, 9.17) is 5.73 Å². The van der Waals surface area contributed by atoms with E-state index >= 15 is 0 Å². The summed E-state index contributed by atoms with van der Waals surface area (Å²) < 4.78 is 0. The van der Waals surface area contributed by atoms with E-state index in [1.807, 2.05) is 17.8 Å². The maximum absolute atomic E-state index is 10.6. The van der Waals surface area contributed by atoms with Gasteiger partial charge in [0.15, 0.2) is 0 Å². The van der Waals surface area contributed by atoms with Crippen LogP contribution >= 0.6 is 11.3 Å². The SMILES string of the molecule is CNc1cscc1-c1nc(N)ncc1CC=O. The molecule has 0 radical (unpaired) electrons. The van der Waals surface area contributed by atoms with Crippen LogP contribution in [0.15, 0.2) is 17.0 Å². The third-order valence-corrected chi connectivity index (χ3v) is 3.12. The molecule has 0 fully saturated rings. The number of nitrogen functional groups attached to an aromatic ring is 1. The fraction of sp³-hybridized carbons (Fsp3) is 0.182. The summed E-state index contributed by atoms with van der Waals surface area (Å²) in [4.78, 5) is 18.8. The largest absolute Gasteiger partial charge is 0.387 e. The Morgan fingerprint density at radius 2 is 2.35 bits per heavy atom. The molecule has 6 heteroatoms. The van der Waals surface area contributed by atoms with Crippen LogP contribution in [0.25, 0.3) is 11.3 Å². The van der Waals surface area contributed by atoms with Crippen molar-refractivity contribution in [3.05, 3.63) is 22.5 Å². The molecule has 0 bridgehead atoms. The van der Waals surface area contributed by atoms with Crippen molar-refractivity contribution in [3.8, 4) is 11.3 Å². The van der Waals surface area contributed by atoms with Crippen molar-refractivity contribution in [2.75, 3.05) is 18.1 Å². The first kappa shape index (κ1) is 11.5. The Labute approximate surface area is 103 Å². The van der Waals surface area contributed by atoms with Gasteiger partial charge in [0.2, 0.25) is 5.95 Å². The lowest BCUT2D eigenvalue weighted by Crippen LogP contribution is -2.02. The molecule has 17 heavy (non-hydrogen) atoms. The van der Waals surface area contributed by atoms with Gasteiger partial charge in [-0.1, -0.05) is 0 Å². The zero-order valence-electron chi connectivity index (χ0n) is 9.30. The van der Waals surface area contributed by atoms with Crippen molar-refractivity contribution in [3.63, 3.8) is 0 Å². The van der Waals surface area contributed by atoms with Gasteiger partial charge in [0.25, 0.3) is 0 Å². The van der Waals surface area contributed by atoms with E-state index in [0.717, 1.165) is 28.8 Å². The number of aldehydes is 1. The van der Waals surface area contributed by atoms with Crippen LogP contribution in [0.2, 0.25) is 0 Å². The van der Waals surface area contributed by atoms with Crippen molar-refractivity contribution >= 4 is 29.3 Å². The zero-order valence-corrected chi connectivity index (χ0v) is 10.1. The highest BCUT2D eigenvalue weighted by molar-refractivity contribution is 7.08. The van der Waals surface area contributed by atoms with Gasteiger partial charge in [-0.2, -0.15) is 0 Å². The summed E-state index contributed by atoms with van der Waals surface area (Å²) in [6.45, 7) is 0. The van der Waals surface area contributed by atoms with Gasteiger partial charge >= 0.3 is 0 Å². The Morgan fingerprint density at radius 3 is 3.06 bits per heavy atom. The van der Waals surface area contributed by atoms with Crippen molar-refractivity contribution < 1.29 is 4.79 Å². The fourth-order valence-electron chi connectivity index (χ4n) is 1.57. The van der Waals surface area contributed by atoms with Crippen molar-refractivity contribution in [1.29, 1.82) is 0 Å². The molecule has 0 unspecified atom stereocenters. The van der Waals surface area contributed by atoms with E-state index in [-0.39, 0.29) is 12.4 Å². The average Bonchev–Trinajstić information content (AvgIpc) is 2.79. The van der Waals surface area contributed by atoms with Crippen LogP contribution in [0, 0.1) is 0 Å². The summed E-state index contributed by atoms with van der Waals surface area (Å²) in [6.07, 6.45) is 2.72. The molecule has 0 saturated carbocycles. The van der Waals surface area contributed by atoms with E-state index in [0.29, 0.717) is 0 Å². The minimum Gasteiger partial charge on any atom is -0.387 e. The number of carbonyl (C=O) groups excluding carboxylic acids is 1. The summed E-state index contributed by atoms with van der Waals surface area (Å²) >= 11 is 1.57. The van der Waals surface area contributed by atoms with Crippen molar-refractivity contribution in [2.24, 2.45) is 0 Å². The lowest BCUT2D eigenvalue weighted by Gasteiger charge is -2.07. The predicted octanol–water partition coefficient (Wildman–Crippen LogP) is 1.57. The van der Waals surface area contributed by atoms with E-state index in [1.54, 1.807) is 17.5 Å². The molecule has 0 aliphatic carbocycles. The van der Waals surface area contributed by atoms with Gasteiger partial charge in [-0.05, 0) is 0 Å². The number of carbonyl (C=O) groups is 1. The highest BCUT2D eigenvalue weighted by Crippen LogP contribution is 2.32. The van der Waals surface area contributed by atoms with E-state index in [2.05, 4.69) is 15.3 Å². The number of hydrogen-bond donors (Lipinski definition) is 2. The van der Waals surface area contributed by atoms with Crippen molar-refractivity contribution in [2.45, 2.75) is 6.42 Å². The lowest BCUT2D eigenvalue weighted by atomic mass is 10.1. The fourth-order valence-corrected chi connectivity index (χ4v) is 2.39. The van der Waals surface area contributed by atoms with Gasteiger partial charge in [0.05, 0.1) is 11.4 Å². The topological polar surface area (TPSA) is 80.9 Å². The van der Waals surface area contributed by atoms with Gasteiger partial charge in [-0.3, -0.25) is 0 Å². The quantitative estimate of drug-likeness (QED) is 0.803. The van der Waals surface area contributed by atoms with E-state index in [9.17, 15) is 4.79 Å². The maximum Gasteiger partial charge on any atom is 0.220 e. The van der Waals surface area contributed by atoms with Crippen LogP contribution in [0.5, 0.6) is 0 Å². The number of anilines is 2. The minimum atomic E-state index is 0.211. The molecule has 5 nitrogen and oxygen atoms in total. The van der Waals surface area contributed by atoms with Gasteiger partial charge in [0, 0.05) is 41.6 Å². The summed E-state index contributed by atoms with van der Waals surface area (Å²) in [6, 6.07) is 0. The first-order valence-electron chi connectivity index (χ1n) is 5.05. The van der Waals surface area contributed by atoms with Crippen LogP contribution in [-0.4, -0.2) is 23.3 Å². The van der Waals surface area contributed by atoms with Gasteiger partial charge < -0.3 is 15.8 Å². The first-order valence-corrected chi connectivity index (χ1v) is 6.00.